The molecule has 0 radical (unpaired) electrons. The van der Waals surface area contributed by atoms with Gasteiger partial charge in [0.25, 0.3) is 0 Å². The van der Waals surface area contributed by atoms with Gasteiger partial charge in [0.2, 0.25) is 5.91 Å². The molecule has 1 aliphatic rings. The third-order valence-corrected chi connectivity index (χ3v) is 6.50. The summed E-state index contributed by atoms with van der Waals surface area (Å²) < 4.78 is 0. The lowest BCUT2D eigenvalue weighted by Crippen LogP contribution is -2.50. The van der Waals surface area contributed by atoms with Gasteiger partial charge in [-0.05, 0) is 29.8 Å². The highest BCUT2D eigenvalue weighted by molar-refractivity contribution is 7.16. The Labute approximate surface area is 160 Å². The maximum atomic E-state index is 12.3. The number of hydrogen-bond donors (Lipinski definition) is 1. The molecule has 1 aliphatic heterocycles. The van der Waals surface area contributed by atoms with Crippen molar-refractivity contribution in [2.24, 2.45) is 0 Å². The lowest BCUT2D eigenvalue weighted by molar-refractivity contribution is -0.122. The molecule has 0 bridgehead atoms. The maximum Gasteiger partial charge on any atom is 0.234 e. The van der Waals surface area contributed by atoms with Crippen molar-refractivity contribution in [1.29, 1.82) is 0 Å². The van der Waals surface area contributed by atoms with Gasteiger partial charge in [0.1, 0.15) is 17.0 Å². The molecule has 4 heterocycles. The second-order valence-electron chi connectivity index (χ2n) is 6.40. The van der Waals surface area contributed by atoms with Crippen LogP contribution in [0.2, 0.25) is 0 Å². The molecule has 1 unspecified atom stereocenters. The SMILES string of the molecule is CC(NC(=O)CN1CCN(c2ncnc3sccc23)CC1)c1cccs1. The molecule has 3 aromatic heterocycles. The molecule has 0 spiro atoms. The standard InChI is InChI=1S/C18H21N5OS2/c1-13(15-3-2-9-25-15)21-16(24)11-22-5-7-23(8-6-22)17-14-4-10-26-18(14)20-12-19-17/h2-4,9-10,12-13H,5-8,11H2,1H3,(H,21,24). The smallest absolute Gasteiger partial charge is 0.234 e. The molecule has 136 valence electrons. The van der Waals surface area contributed by atoms with Crippen LogP contribution in [0.1, 0.15) is 17.8 Å². The first-order chi connectivity index (χ1) is 12.7. The molecule has 1 fully saturated rings. The number of piperazine rings is 1. The number of carbonyl (C=O) groups is 1. The van der Waals surface area contributed by atoms with Crippen molar-refractivity contribution in [3.63, 3.8) is 0 Å². The van der Waals surface area contributed by atoms with Crippen LogP contribution < -0.4 is 10.2 Å². The summed E-state index contributed by atoms with van der Waals surface area (Å²) in [6.45, 7) is 5.93. The van der Waals surface area contributed by atoms with Gasteiger partial charge in [-0.15, -0.1) is 22.7 Å². The fraction of sp³-hybridized carbons (Fsp3) is 0.389. The van der Waals surface area contributed by atoms with E-state index < -0.39 is 0 Å². The molecule has 26 heavy (non-hydrogen) atoms. The van der Waals surface area contributed by atoms with Crippen molar-refractivity contribution in [2.75, 3.05) is 37.6 Å². The van der Waals surface area contributed by atoms with Crippen LogP contribution in [-0.2, 0) is 4.79 Å². The molecule has 6 nitrogen and oxygen atoms in total. The van der Waals surface area contributed by atoms with Crippen molar-refractivity contribution >= 4 is 44.6 Å². The number of nitrogens with one attached hydrogen (secondary N) is 1. The van der Waals surface area contributed by atoms with E-state index in [-0.39, 0.29) is 11.9 Å². The molecule has 1 N–H and O–H groups in total. The van der Waals surface area contributed by atoms with Crippen LogP contribution in [0.15, 0.2) is 35.3 Å². The van der Waals surface area contributed by atoms with Crippen LogP contribution in [0.5, 0.6) is 0 Å². The minimum absolute atomic E-state index is 0.0664. The van der Waals surface area contributed by atoms with Gasteiger partial charge in [0, 0.05) is 31.1 Å². The maximum absolute atomic E-state index is 12.3. The number of rotatable bonds is 5. The first kappa shape index (κ1) is 17.4. The van der Waals surface area contributed by atoms with Crippen molar-refractivity contribution < 1.29 is 4.79 Å². The quantitative estimate of drug-likeness (QED) is 0.729. The molecule has 1 amide bonds. The summed E-state index contributed by atoms with van der Waals surface area (Å²) in [7, 11) is 0. The number of hydrogen-bond acceptors (Lipinski definition) is 7. The van der Waals surface area contributed by atoms with Gasteiger partial charge < -0.3 is 10.2 Å². The Balaban J connectivity index is 1.31. The van der Waals surface area contributed by atoms with Gasteiger partial charge in [0.05, 0.1) is 18.0 Å². The highest BCUT2D eigenvalue weighted by atomic mass is 32.1. The predicted octanol–water partition coefficient (Wildman–Crippen LogP) is 2.75. The lowest BCUT2D eigenvalue weighted by atomic mass is 10.2. The fourth-order valence-corrected chi connectivity index (χ4v) is 4.71. The lowest BCUT2D eigenvalue weighted by Gasteiger charge is -2.35. The summed E-state index contributed by atoms with van der Waals surface area (Å²) in [6.07, 6.45) is 1.64. The van der Waals surface area contributed by atoms with Crippen LogP contribution in [0.3, 0.4) is 0 Å². The second-order valence-corrected chi connectivity index (χ2v) is 8.28. The van der Waals surface area contributed by atoms with Crippen LogP contribution >= 0.6 is 22.7 Å². The normalized spacial score (nSPS) is 16.7. The zero-order valence-electron chi connectivity index (χ0n) is 14.6. The summed E-state index contributed by atoms with van der Waals surface area (Å²) in [4.78, 5) is 27.8. The molecule has 0 aliphatic carbocycles. The highest BCUT2D eigenvalue weighted by Crippen LogP contribution is 2.27. The number of carbonyl (C=O) groups excluding carboxylic acids is 1. The number of aromatic nitrogens is 2. The molecule has 3 aromatic rings. The Kier molecular flexibility index (Phi) is 5.14. The van der Waals surface area contributed by atoms with Crippen LogP contribution in [0, 0.1) is 0 Å². The van der Waals surface area contributed by atoms with Gasteiger partial charge in [-0.2, -0.15) is 0 Å². The molecule has 0 saturated carbocycles. The Morgan fingerprint density at radius 2 is 2.04 bits per heavy atom. The molecule has 1 atom stereocenters. The summed E-state index contributed by atoms with van der Waals surface area (Å²) in [5.74, 6) is 1.09. The molecule has 0 aromatic carbocycles. The Morgan fingerprint density at radius 3 is 2.81 bits per heavy atom. The van der Waals surface area contributed by atoms with E-state index in [9.17, 15) is 4.79 Å². The van der Waals surface area contributed by atoms with Crippen molar-refractivity contribution in [3.8, 4) is 0 Å². The van der Waals surface area contributed by atoms with Crippen LogP contribution in [0.4, 0.5) is 5.82 Å². The Bertz CT molecular complexity index is 871. The topological polar surface area (TPSA) is 61.4 Å². The number of thiophene rings is 2. The summed E-state index contributed by atoms with van der Waals surface area (Å²) in [6, 6.07) is 6.22. The number of amides is 1. The third kappa shape index (κ3) is 3.72. The van der Waals surface area contributed by atoms with Gasteiger partial charge >= 0.3 is 0 Å². The first-order valence-corrected chi connectivity index (χ1v) is 10.4. The summed E-state index contributed by atoms with van der Waals surface area (Å²) in [5, 5.41) is 8.30. The summed E-state index contributed by atoms with van der Waals surface area (Å²) >= 11 is 3.31. The molecule has 1 saturated heterocycles. The van der Waals surface area contributed by atoms with Crippen LogP contribution in [-0.4, -0.2) is 53.5 Å². The highest BCUT2D eigenvalue weighted by Gasteiger charge is 2.22. The second kappa shape index (κ2) is 7.69. The minimum atomic E-state index is 0.0664. The van der Waals surface area contributed by atoms with E-state index in [1.54, 1.807) is 29.0 Å². The Hall–Kier alpha value is -2.03. The van der Waals surface area contributed by atoms with Gasteiger partial charge in [-0.3, -0.25) is 9.69 Å². The van der Waals surface area contributed by atoms with Gasteiger partial charge in [-0.1, -0.05) is 6.07 Å². The molecule has 8 heteroatoms. The fourth-order valence-electron chi connectivity index (χ4n) is 3.25. The number of fused-ring (bicyclic) bond motifs is 1. The van der Waals surface area contributed by atoms with E-state index in [0.29, 0.717) is 6.54 Å². The molecule has 4 rings (SSSR count). The predicted molar refractivity (Wildman–Crippen MR) is 107 cm³/mol. The minimum Gasteiger partial charge on any atom is -0.353 e. The van der Waals surface area contributed by atoms with Crippen molar-refractivity contribution in [2.45, 2.75) is 13.0 Å². The van der Waals surface area contributed by atoms with Gasteiger partial charge in [0.15, 0.2) is 0 Å². The van der Waals surface area contributed by atoms with Crippen LogP contribution in [0.25, 0.3) is 10.2 Å². The van der Waals surface area contributed by atoms with E-state index in [1.807, 2.05) is 18.4 Å². The number of anilines is 1. The van der Waals surface area contributed by atoms with E-state index >= 15 is 0 Å². The first-order valence-electron chi connectivity index (χ1n) is 8.69. The monoisotopic (exact) mass is 387 g/mol. The van der Waals surface area contributed by atoms with E-state index in [1.165, 1.54) is 4.88 Å². The number of nitrogens with zero attached hydrogens (tertiary/aromatic N) is 4. The zero-order valence-corrected chi connectivity index (χ0v) is 16.2. The largest absolute Gasteiger partial charge is 0.353 e. The van der Waals surface area contributed by atoms with Gasteiger partial charge in [-0.25, -0.2) is 9.97 Å². The zero-order chi connectivity index (χ0) is 17.9. The molecular weight excluding hydrogens is 366 g/mol. The van der Waals surface area contributed by atoms with Crippen molar-refractivity contribution in [3.05, 3.63) is 40.2 Å². The average molecular weight is 388 g/mol. The summed E-state index contributed by atoms with van der Waals surface area (Å²) in [5.41, 5.74) is 0. The average Bonchev–Trinajstić information content (AvgIpc) is 3.33. The Morgan fingerprint density at radius 1 is 1.19 bits per heavy atom. The van der Waals surface area contributed by atoms with E-state index in [2.05, 4.69) is 42.6 Å². The van der Waals surface area contributed by atoms with E-state index in [4.69, 9.17) is 0 Å². The third-order valence-electron chi connectivity index (χ3n) is 4.63. The van der Waals surface area contributed by atoms with E-state index in [0.717, 1.165) is 42.2 Å². The van der Waals surface area contributed by atoms with Crippen molar-refractivity contribution in [1.82, 2.24) is 20.2 Å². The molecular formula is C18H21N5OS2.